The van der Waals surface area contributed by atoms with E-state index in [0.717, 1.165) is 11.3 Å². The molecular formula is C12H15N3O. The molecule has 4 heteroatoms. The molecule has 0 aliphatic heterocycles. The molecule has 16 heavy (non-hydrogen) atoms. The van der Waals surface area contributed by atoms with Crippen LogP contribution in [0, 0.1) is 6.92 Å². The summed E-state index contributed by atoms with van der Waals surface area (Å²) in [6, 6.07) is 5.71. The molecule has 2 rings (SSSR count). The van der Waals surface area contributed by atoms with Crippen molar-refractivity contribution < 1.29 is 4.79 Å². The molecule has 0 fully saturated rings. The first kappa shape index (κ1) is 10.5. The molecule has 0 bridgehead atoms. The van der Waals surface area contributed by atoms with E-state index in [4.69, 9.17) is 0 Å². The maximum Gasteiger partial charge on any atom is 0.268 e. The molecule has 2 N–H and O–H groups in total. The molecule has 2 aromatic rings. The van der Waals surface area contributed by atoms with Crippen molar-refractivity contribution in [1.29, 1.82) is 0 Å². The number of rotatable bonds is 3. The number of amides is 1. The van der Waals surface area contributed by atoms with Gasteiger partial charge in [-0.3, -0.25) is 4.79 Å². The minimum absolute atomic E-state index is 0.0446. The molecule has 0 aromatic carbocycles. The van der Waals surface area contributed by atoms with Crippen LogP contribution >= 0.6 is 0 Å². The van der Waals surface area contributed by atoms with Gasteiger partial charge in [0, 0.05) is 31.7 Å². The number of hydrogen-bond donors (Lipinski definition) is 2. The highest BCUT2D eigenvalue weighted by molar-refractivity contribution is 5.92. The maximum atomic E-state index is 11.8. The zero-order chi connectivity index (χ0) is 11.5. The molecule has 4 nitrogen and oxygen atoms in total. The monoisotopic (exact) mass is 217 g/mol. The number of aromatic amines is 1. The SMILES string of the molecule is Cc1ccc(C(=O)NCc2cc[nH]c2)n1C. The van der Waals surface area contributed by atoms with Crippen LogP contribution in [0.15, 0.2) is 30.6 Å². The average molecular weight is 217 g/mol. The number of carbonyl (C=O) groups is 1. The van der Waals surface area contributed by atoms with Crippen molar-refractivity contribution in [2.45, 2.75) is 13.5 Å². The molecule has 1 amide bonds. The van der Waals surface area contributed by atoms with Crippen LogP contribution in [-0.4, -0.2) is 15.5 Å². The van der Waals surface area contributed by atoms with Gasteiger partial charge in [0.1, 0.15) is 5.69 Å². The van der Waals surface area contributed by atoms with Gasteiger partial charge in [0.15, 0.2) is 0 Å². The van der Waals surface area contributed by atoms with Crippen molar-refractivity contribution in [3.63, 3.8) is 0 Å². The van der Waals surface area contributed by atoms with Gasteiger partial charge in [-0.05, 0) is 30.7 Å². The van der Waals surface area contributed by atoms with Gasteiger partial charge >= 0.3 is 0 Å². The Labute approximate surface area is 94.3 Å². The quantitative estimate of drug-likeness (QED) is 0.806. The number of nitrogens with one attached hydrogen (secondary N) is 2. The molecule has 0 unspecified atom stereocenters. The maximum absolute atomic E-state index is 11.8. The minimum Gasteiger partial charge on any atom is -0.367 e. The van der Waals surface area contributed by atoms with Crippen molar-refractivity contribution in [3.8, 4) is 0 Å². The second-order valence-corrected chi connectivity index (χ2v) is 3.82. The summed E-state index contributed by atoms with van der Waals surface area (Å²) in [5.41, 5.74) is 2.83. The largest absolute Gasteiger partial charge is 0.367 e. The van der Waals surface area contributed by atoms with E-state index in [9.17, 15) is 4.79 Å². The highest BCUT2D eigenvalue weighted by atomic mass is 16.1. The van der Waals surface area contributed by atoms with E-state index in [1.807, 2.05) is 49.1 Å². The number of aromatic nitrogens is 2. The van der Waals surface area contributed by atoms with Gasteiger partial charge in [-0.15, -0.1) is 0 Å². The summed E-state index contributed by atoms with van der Waals surface area (Å²) in [5, 5.41) is 2.88. The Balaban J connectivity index is 2.01. The molecule has 0 radical (unpaired) electrons. The predicted octanol–water partition coefficient (Wildman–Crippen LogP) is 1.59. The highest BCUT2D eigenvalue weighted by Crippen LogP contribution is 2.06. The van der Waals surface area contributed by atoms with Gasteiger partial charge in [-0.25, -0.2) is 0 Å². The normalized spacial score (nSPS) is 10.4. The van der Waals surface area contributed by atoms with Crippen LogP contribution in [0.4, 0.5) is 0 Å². The summed E-state index contributed by atoms with van der Waals surface area (Å²) in [5.74, 6) is -0.0446. The molecule has 84 valence electrons. The lowest BCUT2D eigenvalue weighted by atomic mass is 10.3. The van der Waals surface area contributed by atoms with E-state index in [1.54, 1.807) is 0 Å². The lowest BCUT2D eigenvalue weighted by Gasteiger charge is -2.06. The summed E-state index contributed by atoms with van der Waals surface area (Å²) >= 11 is 0. The fourth-order valence-corrected chi connectivity index (χ4v) is 1.58. The smallest absolute Gasteiger partial charge is 0.268 e. The van der Waals surface area contributed by atoms with E-state index in [0.29, 0.717) is 12.2 Å². The van der Waals surface area contributed by atoms with E-state index in [1.165, 1.54) is 0 Å². The van der Waals surface area contributed by atoms with Crippen LogP contribution in [0.5, 0.6) is 0 Å². The Bertz CT molecular complexity index is 482. The summed E-state index contributed by atoms with van der Waals surface area (Å²) in [6.45, 7) is 2.52. The summed E-state index contributed by atoms with van der Waals surface area (Å²) < 4.78 is 1.88. The Morgan fingerprint density at radius 1 is 1.44 bits per heavy atom. The van der Waals surface area contributed by atoms with E-state index in [2.05, 4.69) is 10.3 Å². The second-order valence-electron chi connectivity index (χ2n) is 3.82. The first-order valence-corrected chi connectivity index (χ1v) is 5.20. The van der Waals surface area contributed by atoms with Crippen molar-refractivity contribution in [2.75, 3.05) is 0 Å². The molecule has 0 saturated heterocycles. The number of H-pyrrole nitrogens is 1. The minimum atomic E-state index is -0.0446. The molecule has 2 heterocycles. The van der Waals surface area contributed by atoms with Gasteiger partial charge in [0.2, 0.25) is 0 Å². The van der Waals surface area contributed by atoms with Crippen molar-refractivity contribution in [3.05, 3.63) is 47.5 Å². The fourth-order valence-electron chi connectivity index (χ4n) is 1.58. The number of carbonyl (C=O) groups excluding carboxylic acids is 1. The topological polar surface area (TPSA) is 49.8 Å². The molecule has 0 saturated carbocycles. The van der Waals surface area contributed by atoms with Crippen LogP contribution in [-0.2, 0) is 13.6 Å². The summed E-state index contributed by atoms with van der Waals surface area (Å²) in [4.78, 5) is 14.8. The van der Waals surface area contributed by atoms with E-state index >= 15 is 0 Å². The van der Waals surface area contributed by atoms with Crippen LogP contribution in [0.3, 0.4) is 0 Å². The molecule has 0 aliphatic carbocycles. The first-order valence-electron chi connectivity index (χ1n) is 5.20. The van der Waals surface area contributed by atoms with Gasteiger partial charge in [-0.2, -0.15) is 0 Å². The van der Waals surface area contributed by atoms with Crippen LogP contribution in [0.25, 0.3) is 0 Å². The Morgan fingerprint density at radius 3 is 2.81 bits per heavy atom. The Hall–Kier alpha value is -1.97. The zero-order valence-corrected chi connectivity index (χ0v) is 9.45. The molecule has 0 aliphatic rings. The summed E-state index contributed by atoms with van der Waals surface area (Å²) in [7, 11) is 1.89. The van der Waals surface area contributed by atoms with Gasteiger partial charge < -0.3 is 14.9 Å². The molecule has 0 spiro atoms. The Morgan fingerprint density at radius 2 is 2.25 bits per heavy atom. The third kappa shape index (κ3) is 2.00. The summed E-state index contributed by atoms with van der Waals surface area (Å²) in [6.07, 6.45) is 3.71. The van der Waals surface area contributed by atoms with Crippen LogP contribution in [0.1, 0.15) is 21.7 Å². The predicted molar refractivity (Wildman–Crippen MR) is 62.1 cm³/mol. The first-order chi connectivity index (χ1) is 7.68. The number of nitrogens with zero attached hydrogens (tertiary/aromatic N) is 1. The van der Waals surface area contributed by atoms with Crippen molar-refractivity contribution in [2.24, 2.45) is 7.05 Å². The lowest BCUT2D eigenvalue weighted by molar-refractivity contribution is 0.0942. The van der Waals surface area contributed by atoms with Crippen LogP contribution < -0.4 is 5.32 Å². The highest BCUT2D eigenvalue weighted by Gasteiger charge is 2.09. The fraction of sp³-hybridized carbons (Fsp3) is 0.250. The van der Waals surface area contributed by atoms with Gasteiger partial charge in [0.05, 0.1) is 0 Å². The average Bonchev–Trinajstić information content (AvgIpc) is 2.88. The third-order valence-corrected chi connectivity index (χ3v) is 2.72. The Kier molecular flexibility index (Phi) is 2.81. The van der Waals surface area contributed by atoms with Crippen LogP contribution in [0.2, 0.25) is 0 Å². The number of hydrogen-bond acceptors (Lipinski definition) is 1. The third-order valence-electron chi connectivity index (χ3n) is 2.72. The van der Waals surface area contributed by atoms with Gasteiger partial charge in [-0.1, -0.05) is 0 Å². The van der Waals surface area contributed by atoms with E-state index in [-0.39, 0.29) is 5.91 Å². The van der Waals surface area contributed by atoms with Crippen molar-refractivity contribution in [1.82, 2.24) is 14.9 Å². The van der Waals surface area contributed by atoms with Crippen molar-refractivity contribution >= 4 is 5.91 Å². The second kappa shape index (κ2) is 4.26. The molecule has 2 aromatic heterocycles. The molecule has 0 atom stereocenters. The number of aryl methyl sites for hydroxylation is 1. The standard InChI is InChI=1S/C12H15N3O/c1-9-3-4-11(15(9)2)12(16)14-8-10-5-6-13-7-10/h3-7,13H,8H2,1-2H3,(H,14,16). The lowest BCUT2D eigenvalue weighted by Crippen LogP contribution is -2.24. The van der Waals surface area contributed by atoms with E-state index < -0.39 is 0 Å². The zero-order valence-electron chi connectivity index (χ0n) is 9.45. The van der Waals surface area contributed by atoms with Gasteiger partial charge in [0.25, 0.3) is 5.91 Å². The molecular weight excluding hydrogens is 202 g/mol.